The highest BCUT2D eigenvalue weighted by atomic mass is 32.1. The molecule has 0 saturated heterocycles. The summed E-state index contributed by atoms with van der Waals surface area (Å²) in [6, 6.07) is 8.89. The Kier molecular flexibility index (Phi) is 4.06. The Bertz CT molecular complexity index is 680. The van der Waals surface area contributed by atoms with E-state index in [2.05, 4.69) is 9.69 Å². The van der Waals surface area contributed by atoms with Crippen molar-refractivity contribution in [2.75, 3.05) is 5.32 Å². The predicted molar refractivity (Wildman–Crippen MR) is 80.4 cm³/mol. The van der Waals surface area contributed by atoms with E-state index in [-0.39, 0.29) is 10.6 Å². The lowest BCUT2D eigenvalue weighted by molar-refractivity contribution is -0.120. The number of carbonyl (C=O) groups excluding carboxylic acids is 1. The SMILES string of the molecule is Cc1nsc(NC(=O)C(C)(N)c2ccccc2)c1C(=O)O. The first-order chi connectivity index (χ1) is 9.84. The van der Waals surface area contributed by atoms with Gasteiger partial charge < -0.3 is 16.2 Å². The molecule has 1 atom stereocenters. The Morgan fingerprint density at radius 1 is 1.33 bits per heavy atom. The van der Waals surface area contributed by atoms with Crippen molar-refractivity contribution < 1.29 is 14.7 Å². The molecule has 1 heterocycles. The van der Waals surface area contributed by atoms with Crippen LogP contribution in [0, 0.1) is 6.92 Å². The van der Waals surface area contributed by atoms with Crippen molar-refractivity contribution in [3.63, 3.8) is 0 Å². The van der Waals surface area contributed by atoms with Crippen molar-refractivity contribution >= 4 is 28.4 Å². The van der Waals surface area contributed by atoms with Gasteiger partial charge in [0, 0.05) is 0 Å². The smallest absolute Gasteiger partial charge is 0.340 e. The number of carbonyl (C=O) groups is 2. The third-order valence-electron chi connectivity index (χ3n) is 3.15. The molecule has 2 aromatic rings. The highest BCUT2D eigenvalue weighted by Gasteiger charge is 2.32. The summed E-state index contributed by atoms with van der Waals surface area (Å²) in [6.45, 7) is 3.15. The number of hydrogen-bond donors (Lipinski definition) is 3. The van der Waals surface area contributed by atoms with Gasteiger partial charge in [0.1, 0.15) is 16.1 Å². The molecule has 0 bridgehead atoms. The topological polar surface area (TPSA) is 105 Å². The zero-order valence-corrected chi connectivity index (χ0v) is 12.4. The molecule has 110 valence electrons. The highest BCUT2D eigenvalue weighted by molar-refractivity contribution is 7.11. The van der Waals surface area contributed by atoms with Crippen LogP contribution in [0.25, 0.3) is 0 Å². The van der Waals surface area contributed by atoms with E-state index in [1.165, 1.54) is 0 Å². The number of nitrogens with one attached hydrogen (secondary N) is 1. The maximum Gasteiger partial charge on any atom is 0.340 e. The number of benzene rings is 1. The first-order valence-electron chi connectivity index (χ1n) is 6.19. The minimum atomic E-state index is -1.27. The number of aromatic carboxylic acids is 1. The van der Waals surface area contributed by atoms with Crippen LogP contribution < -0.4 is 11.1 Å². The van der Waals surface area contributed by atoms with Crippen LogP contribution >= 0.6 is 11.5 Å². The molecule has 0 spiro atoms. The normalized spacial score (nSPS) is 13.5. The summed E-state index contributed by atoms with van der Waals surface area (Å²) in [5, 5.41) is 11.9. The van der Waals surface area contributed by atoms with E-state index in [0.717, 1.165) is 11.5 Å². The van der Waals surface area contributed by atoms with Crippen molar-refractivity contribution in [2.24, 2.45) is 5.73 Å². The Hall–Kier alpha value is -2.25. The van der Waals surface area contributed by atoms with Crippen molar-refractivity contribution in [3.05, 3.63) is 47.2 Å². The van der Waals surface area contributed by atoms with Crippen molar-refractivity contribution in [2.45, 2.75) is 19.4 Å². The van der Waals surface area contributed by atoms with Gasteiger partial charge in [-0.15, -0.1) is 0 Å². The van der Waals surface area contributed by atoms with Crippen LogP contribution in [0.1, 0.15) is 28.5 Å². The van der Waals surface area contributed by atoms with Crippen molar-refractivity contribution in [1.82, 2.24) is 4.37 Å². The van der Waals surface area contributed by atoms with Crippen LogP contribution in [0.3, 0.4) is 0 Å². The lowest BCUT2D eigenvalue weighted by atomic mass is 9.92. The molecular weight excluding hydrogens is 290 g/mol. The zero-order valence-electron chi connectivity index (χ0n) is 11.6. The van der Waals surface area contributed by atoms with Gasteiger partial charge in [-0.1, -0.05) is 30.3 Å². The maximum atomic E-state index is 12.4. The second-order valence-electron chi connectivity index (χ2n) is 4.80. The van der Waals surface area contributed by atoms with Crippen LogP contribution in [0.15, 0.2) is 30.3 Å². The Morgan fingerprint density at radius 3 is 2.52 bits per heavy atom. The van der Waals surface area contributed by atoms with Gasteiger partial charge in [0.05, 0.1) is 5.69 Å². The fourth-order valence-electron chi connectivity index (χ4n) is 1.86. The number of nitrogens with zero attached hydrogens (tertiary/aromatic N) is 1. The molecule has 0 fully saturated rings. The number of aryl methyl sites for hydroxylation is 1. The zero-order chi connectivity index (χ0) is 15.6. The van der Waals surface area contributed by atoms with Crippen LogP contribution in [0.2, 0.25) is 0 Å². The number of rotatable bonds is 4. The van der Waals surface area contributed by atoms with Gasteiger partial charge in [-0.25, -0.2) is 4.79 Å². The summed E-state index contributed by atoms with van der Waals surface area (Å²) in [4.78, 5) is 23.6. The number of hydrogen-bond acceptors (Lipinski definition) is 5. The average molecular weight is 305 g/mol. The van der Waals surface area contributed by atoms with Crippen LogP contribution in [-0.4, -0.2) is 21.4 Å². The average Bonchev–Trinajstić information content (AvgIpc) is 2.80. The van der Waals surface area contributed by atoms with E-state index in [9.17, 15) is 9.59 Å². The van der Waals surface area contributed by atoms with E-state index in [1.54, 1.807) is 38.1 Å². The van der Waals surface area contributed by atoms with Crippen molar-refractivity contribution in [1.29, 1.82) is 0 Å². The molecule has 0 radical (unpaired) electrons. The number of anilines is 1. The summed E-state index contributed by atoms with van der Waals surface area (Å²) >= 11 is 0.926. The summed E-state index contributed by atoms with van der Waals surface area (Å²) in [7, 11) is 0. The molecule has 1 aromatic carbocycles. The summed E-state index contributed by atoms with van der Waals surface area (Å²) in [5.74, 6) is -1.62. The Balaban J connectivity index is 2.28. The fraction of sp³-hybridized carbons (Fsp3) is 0.214. The van der Waals surface area contributed by atoms with Gasteiger partial charge in [0.2, 0.25) is 5.91 Å². The van der Waals surface area contributed by atoms with Crippen molar-refractivity contribution in [3.8, 4) is 0 Å². The number of carboxylic acids is 1. The molecule has 0 aliphatic rings. The Labute approximate surface area is 125 Å². The summed E-state index contributed by atoms with van der Waals surface area (Å²) in [5.41, 5.74) is 5.82. The van der Waals surface area contributed by atoms with E-state index in [4.69, 9.17) is 10.8 Å². The van der Waals surface area contributed by atoms with Crippen LogP contribution in [-0.2, 0) is 10.3 Å². The summed E-state index contributed by atoms with van der Waals surface area (Å²) in [6.07, 6.45) is 0. The largest absolute Gasteiger partial charge is 0.478 e. The van der Waals surface area contributed by atoms with Gasteiger partial charge in [0.25, 0.3) is 0 Å². The third kappa shape index (κ3) is 2.93. The molecule has 0 saturated carbocycles. The Morgan fingerprint density at radius 2 is 1.95 bits per heavy atom. The van der Waals surface area contributed by atoms with E-state index >= 15 is 0 Å². The molecular formula is C14H15N3O3S. The molecule has 0 aliphatic carbocycles. The lowest BCUT2D eigenvalue weighted by Gasteiger charge is -2.23. The van der Waals surface area contributed by atoms with E-state index in [1.807, 2.05) is 6.07 Å². The molecule has 21 heavy (non-hydrogen) atoms. The predicted octanol–water partition coefficient (Wildman–Crippen LogP) is 1.96. The molecule has 6 nitrogen and oxygen atoms in total. The maximum absolute atomic E-state index is 12.4. The van der Waals surface area contributed by atoms with Gasteiger partial charge in [-0.2, -0.15) is 4.37 Å². The van der Waals surface area contributed by atoms with Crippen LogP contribution in [0.4, 0.5) is 5.00 Å². The van der Waals surface area contributed by atoms with Crippen LogP contribution in [0.5, 0.6) is 0 Å². The fourth-order valence-corrected chi connectivity index (χ4v) is 2.64. The minimum Gasteiger partial charge on any atom is -0.478 e. The quantitative estimate of drug-likeness (QED) is 0.800. The molecule has 1 amide bonds. The second kappa shape index (κ2) is 5.63. The van der Waals surface area contributed by atoms with Gasteiger partial charge in [0.15, 0.2) is 0 Å². The monoisotopic (exact) mass is 305 g/mol. The molecule has 4 N–H and O–H groups in total. The van der Waals surface area contributed by atoms with E-state index in [0.29, 0.717) is 11.3 Å². The van der Waals surface area contributed by atoms with Gasteiger partial charge in [-0.3, -0.25) is 4.79 Å². The van der Waals surface area contributed by atoms with Gasteiger partial charge >= 0.3 is 5.97 Å². The first-order valence-corrected chi connectivity index (χ1v) is 6.96. The number of aromatic nitrogens is 1. The first kappa shape index (κ1) is 15.1. The number of nitrogens with two attached hydrogens (primary N) is 1. The second-order valence-corrected chi connectivity index (χ2v) is 5.57. The highest BCUT2D eigenvalue weighted by Crippen LogP contribution is 2.27. The molecule has 7 heteroatoms. The standard InChI is InChI=1S/C14H15N3O3S/c1-8-10(12(18)19)11(21-17-8)16-13(20)14(2,15)9-6-4-3-5-7-9/h3-7H,15H2,1-2H3,(H,16,20)(H,18,19). The molecule has 1 aromatic heterocycles. The molecule has 0 aliphatic heterocycles. The third-order valence-corrected chi connectivity index (χ3v) is 4.00. The molecule has 2 rings (SSSR count). The molecule has 1 unspecified atom stereocenters. The number of amides is 1. The van der Waals surface area contributed by atoms with E-state index < -0.39 is 17.4 Å². The minimum absolute atomic E-state index is 0.00258. The number of carboxylic acid groups (broad SMARTS) is 1. The summed E-state index contributed by atoms with van der Waals surface area (Å²) < 4.78 is 3.95. The van der Waals surface area contributed by atoms with Gasteiger partial charge in [-0.05, 0) is 30.9 Å². The lowest BCUT2D eigenvalue weighted by Crippen LogP contribution is -2.45.